The lowest BCUT2D eigenvalue weighted by Gasteiger charge is -2.48. The van der Waals surface area contributed by atoms with Crippen molar-refractivity contribution in [2.45, 2.75) is 58.9 Å². The van der Waals surface area contributed by atoms with Crippen LogP contribution in [-0.4, -0.2) is 46.2 Å². The predicted octanol–water partition coefficient (Wildman–Crippen LogP) is 3.27. The third-order valence-electron chi connectivity index (χ3n) is 6.39. The van der Waals surface area contributed by atoms with Crippen molar-refractivity contribution in [3.05, 3.63) is 34.7 Å². The molecule has 29 heavy (non-hydrogen) atoms. The summed E-state index contributed by atoms with van der Waals surface area (Å²) >= 11 is 0. The number of hydrogen-bond donors (Lipinski definition) is 2. The second-order valence-corrected chi connectivity index (χ2v) is 8.82. The van der Waals surface area contributed by atoms with Gasteiger partial charge in [0.2, 0.25) is 11.8 Å². The van der Waals surface area contributed by atoms with Gasteiger partial charge in [0.1, 0.15) is 0 Å². The summed E-state index contributed by atoms with van der Waals surface area (Å²) < 4.78 is 5.49. The monoisotopic (exact) mass is 397 g/mol. The van der Waals surface area contributed by atoms with Gasteiger partial charge in [0.05, 0.1) is 5.54 Å². The minimum absolute atomic E-state index is 0.226. The molecule has 0 radical (unpaired) electrons. The molecule has 2 aromatic rings. The average molecular weight is 398 g/mol. The highest BCUT2D eigenvalue weighted by Crippen LogP contribution is 2.34. The van der Waals surface area contributed by atoms with Crippen LogP contribution >= 0.6 is 0 Å². The molecule has 1 aliphatic carbocycles. The molecule has 4 rings (SSSR count). The molecule has 2 N–H and O–H groups in total. The lowest BCUT2D eigenvalue weighted by atomic mass is 9.81. The zero-order chi connectivity index (χ0) is 20.6. The molecule has 0 unspecified atom stereocenters. The Balaban J connectivity index is 1.60. The fourth-order valence-electron chi connectivity index (χ4n) is 4.44. The van der Waals surface area contributed by atoms with Crippen LogP contribution in [0, 0.1) is 26.7 Å². The number of aromatic nitrogens is 2. The molecule has 2 heterocycles. The molecule has 0 bridgehead atoms. The smallest absolute Gasteiger partial charge is 0.320 e. The first-order valence-electron chi connectivity index (χ1n) is 10.6. The minimum atomic E-state index is -0.234. The van der Waals surface area contributed by atoms with E-state index in [9.17, 15) is 4.79 Å². The Kier molecular flexibility index (Phi) is 5.34. The van der Waals surface area contributed by atoms with Gasteiger partial charge in [-0.3, -0.25) is 4.79 Å². The van der Waals surface area contributed by atoms with Crippen molar-refractivity contribution >= 4 is 17.6 Å². The van der Waals surface area contributed by atoms with E-state index in [0.717, 1.165) is 55.7 Å². The Hall–Kier alpha value is -2.41. The third kappa shape index (κ3) is 4.01. The predicted molar refractivity (Wildman–Crippen MR) is 112 cm³/mol. The Bertz CT molecular complexity index is 905. The maximum Gasteiger partial charge on any atom is 0.320 e. The molecular formula is C22H31N5O2. The zero-order valence-corrected chi connectivity index (χ0v) is 17.8. The van der Waals surface area contributed by atoms with Gasteiger partial charge in [-0.25, -0.2) is 0 Å². The number of nitrogens with one attached hydrogen (secondary N) is 2. The van der Waals surface area contributed by atoms with Crippen molar-refractivity contribution in [3.63, 3.8) is 0 Å². The van der Waals surface area contributed by atoms with Crippen molar-refractivity contribution in [3.8, 4) is 0 Å². The normalized spacial score (nSPS) is 22.4. The molecule has 156 valence electrons. The molecule has 7 heteroatoms. The number of benzene rings is 1. The molecule has 2 aliphatic rings. The van der Waals surface area contributed by atoms with Crippen LogP contribution in [0.3, 0.4) is 0 Å². The van der Waals surface area contributed by atoms with Crippen molar-refractivity contribution < 1.29 is 9.21 Å². The first-order chi connectivity index (χ1) is 13.9. The number of nitrogens with zero attached hydrogens (tertiary/aromatic N) is 3. The summed E-state index contributed by atoms with van der Waals surface area (Å²) in [6.45, 7) is 10.6. The number of aryl methyl sites for hydroxylation is 2. The Labute approximate surface area is 172 Å². The lowest BCUT2D eigenvalue weighted by molar-refractivity contribution is -0.145. The van der Waals surface area contributed by atoms with Gasteiger partial charge < -0.3 is 20.0 Å². The molecule has 2 fully saturated rings. The highest BCUT2D eigenvalue weighted by atomic mass is 16.4. The van der Waals surface area contributed by atoms with E-state index in [1.807, 2.05) is 0 Å². The molecule has 1 saturated carbocycles. The summed E-state index contributed by atoms with van der Waals surface area (Å²) in [7, 11) is 0. The van der Waals surface area contributed by atoms with E-state index in [1.54, 1.807) is 6.92 Å². The Morgan fingerprint density at radius 3 is 2.76 bits per heavy atom. The average Bonchev–Trinajstić information content (AvgIpc) is 3.02. The molecule has 1 aliphatic heterocycles. The van der Waals surface area contributed by atoms with Crippen LogP contribution in [-0.2, 0) is 11.2 Å². The van der Waals surface area contributed by atoms with E-state index in [0.29, 0.717) is 17.8 Å². The highest BCUT2D eigenvalue weighted by molar-refractivity contribution is 5.80. The summed E-state index contributed by atoms with van der Waals surface area (Å²) in [5.41, 5.74) is 4.28. The van der Waals surface area contributed by atoms with Gasteiger partial charge in [-0.15, -0.1) is 5.10 Å². The molecule has 1 atom stereocenters. The molecule has 7 nitrogen and oxygen atoms in total. The van der Waals surface area contributed by atoms with Gasteiger partial charge in [-0.1, -0.05) is 17.6 Å². The van der Waals surface area contributed by atoms with E-state index >= 15 is 0 Å². The number of rotatable bonds is 5. The molecule has 0 spiro atoms. The number of anilines is 2. The van der Waals surface area contributed by atoms with Crippen molar-refractivity contribution in [2.24, 2.45) is 5.92 Å². The second kappa shape index (κ2) is 7.78. The number of piperazine rings is 1. The van der Waals surface area contributed by atoms with Gasteiger partial charge >= 0.3 is 6.01 Å². The summed E-state index contributed by atoms with van der Waals surface area (Å²) in [4.78, 5) is 15.2. The van der Waals surface area contributed by atoms with Crippen LogP contribution < -0.4 is 10.6 Å². The van der Waals surface area contributed by atoms with Crippen LogP contribution in [0.1, 0.15) is 48.8 Å². The molecule has 1 saturated heterocycles. The van der Waals surface area contributed by atoms with Crippen molar-refractivity contribution in [1.82, 2.24) is 20.4 Å². The quantitative estimate of drug-likeness (QED) is 0.806. The molecular weight excluding hydrogens is 366 g/mol. The van der Waals surface area contributed by atoms with E-state index in [2.05, 4.69) is 58.6 Å². The topological polar surface area (TPSA) is 83.3 Å². The summed E-state index contributed by atoms with van der Waals surface area (Å²) in [6, 6.07) is 4.72. The molecule has 1 aromatic carbocycles. The molecule has 1 amide bonds. The van der Waals surface area contributed by atoms with E-state index in [4.69, 9.17) is 4.42 Å². The number of carbonyl (C=O) groups is 1. The Morgan fingerprint density at radius 1 is 1.31 bits per heavy atom. The van der Waals surface area contributed by atoms with Gasteiger partial charge in [-0.2, -0.15) is 0 Å². The van der Waals surface area contributed by atoms with Crippen LogP contribution in [0.4, 0.5) is 11.7 Å². The first-order valence-corrected chi connectivity index (χ1v) is 10.6. The minimum Gasteiger partial charge on any atom is -0.408 e. The summed E-state index contributed by atoms with van der Waals surface area (Å²) in [6.07, 6.45) is 4.07. The second-order valence-electron chi connectivity index (χ2n) is 8.82. The standard InChI is InChI=1S/C22H31N5O2/c1-14-10-18(15(2)19(11-14)24-21-26-25-16(3)29-21)12-22(4)13-23-8-9-27(22)20(28)17-6-5-7-17/h10-11,17,23H,5-9,12-13H2,1-4H3,(H,24,26)/t22-/m0/s1. The largest absolute Gasteiger partial charge is 0.408 e. The Morgan fingerprint density at radius 2 is 2.10 bits per heavy atom. The van der Waals surface area contributed by atoms with E-state index < -0.39 is 0 Å². The van der Waals surface area contributed by atoms with E-state index in [-0.39, 0.29) is 11.5 Å². The number of carbonyl (C=O) groups excluding carboxylic acids is 1. The van der Waals surface area contributed by atoms with Crippen molar-refractivity contribution in [2.75, 3.05) is 25.0 Å². The SMILES string of the molecule is Cc1cc(C[C@@]2(C)CNCCN2C(=O)C2CCC2)c(C)c(Nc2nnc(C)o2)c1. The van der Waals surface area contributed by atoms with Gasteiger partial charge in [0.15, 0.2) is 0 Å². The summed E-state index contributed by atoms with van der Waals surface area (Å²) in [5.74, 6) is 1.10. The van der Waals surface area contributed by atoms with Crippen LogP contribution in [0.25, 0.3) is 0 Å². The third-order valence-corrected chi connectivity index (χ3v) is 6.39. The van der Waals surface area contributed by atoms with Crippen molar-refractivity contribution in [1.29, 1.82) is 0 Å². The number of hydrogen-bond acceptors (Lipinski definition) is 6. The fourth-order valence-corrected chi connectivity index (χ4v) is 4.44. The number of amides is 1. The van der Waals surface area contributed by atoms with Gasteiger partial charge in [-0.05, 0) is 62.8 Å². The molecule has 1 aromatic heterocycles. The van der Waals surface area contributed by atoms with Crippen LogP contribution in [0.15, 0.2) is 16.5 Å². The fraction of sp³-hybridized carbons (Fsp3) is 0.591. The van der Waals surface area contributed by atoms with Gasteiger partial charge in [0.25, 0.3) is 0 Å². The zero-order valence-electron chi connectivity index (χ0n) is 17.8. The maximum atomic E-state index is 13.1. The highest BCUT2D eigenvalue weighted by Gasteiger charge is 2.41. The first kappa shape index (κ1) is 19.9. The van der Waals surface area contributed by atoms with Crippen LogP contribution in [0.2, 0.25) is 0 Å². The van der Waals surface area contributed by atoms with Crippen LogP contribution in [0.5, 0.6) is 0 Å². The van der Waals surface area contributed by atoms with E-state index in [1.165, 1.54) is 12.0 Å². The maximum absolute atomic E-state index is 13.1. The lowest BCUT2D eigenvalue weighted by Crippen LogP contribution is -2.64. The van der Waals surface area contributed by atoms with Gasteiger partial charge in [0, 0.05) is 38.2 Å². The summed E-state index contributed by atoms with van der Waals surface area (Å²) in [5, 5.41) is 14.7.